The van der Waals surface area contributed by atoms with Crippen molar-refractivity contribution in [2.24, 2.45) is 0 Å². The first-order chi connectivity index (χ1) is 11.7. The van der Waals surface area contributed by atoms with Crippen LogP contribution in [0.4, 0.5) is 5.13 Å². The van der Waals surface area contributed by atoms with Crippen molar-refractivity contribution in [3.8, 4) is 0 Å². The summed E-state index contributed by atoms with van der Waals surface area (Å²) < 4.78 is 0. The number of thiazole rings is 1. The topological polar surface area (TPSA) is 70.2 Å². The van der Waals surface area contributed by atoms with Crippen LogP contribution in [0.15, 0.2) is 29.9 Å². The number of pyridine rings is 1. The van der Waals surface area contributed by atoms with E-state index in [1.165, 1.54) is 16.9 Å². The number of rotatable bonds is 6. The maximum atomic E-state index is 12.2. The van der Waals surface area contributed by atoms with Gasteiger partial charge >= 0.3 is 0 Å². The maximum absolute atomic E-state index is 12.2. The largest absolute Gasteiger partial charge is 0.365 e. The van der Waals surface area contributed by atoms with Crippen LogP contribution >= 0.6 is 11.3 Å². The highest BCUT2D eigenvalue weighted by Crippen LogP contribution is 2.16. The molecule has 2 aromatic heterocycles. The first kappa shape index (κ1) is 16.9. The van der Waals surface area contributed by atoms with Crippen LogP contribution in [0.5, 0.6) is 0 Å². The number of carbonyl (C=O) groups is 1. The fraction of sp³-hybridized carbons (Fsp3) is 0.471. The van der Waals surface area contributed by atoms with Gasteiger partial charge in [0, 0.05) is 50.5 Å². The van der Waals surface area contributed by atoms with Crippen LogP contribution in [-0.4, -0.2) is 53.5 Å². The van der Waals surface area contributed by atoms with Gasteiger partial charge in [0.2, 0.25) is 0 Å². The van der Waals surface area contributed by atoms with Crippen LogP contribution in [0.1, 0.15) is 28.9 Å². The Bertz CT molecular complexity index is 652. The molecular weight excluding hydrogens is 322 g/mol. The van der Waals surface area contributed by atoms with Crippen LogP contribution in [0.3, 0.4) is 0 Å². The Morgan fingerprint density at radius 2 is 2.08 bits per heavy atom. The van der Waals surface area contributed by atoms with Crippen LogP contribution in [0, 0.1) is 0 Å². The minimum atomic E-state index is -0.0667. The zero-order chi connectivity index (χ0) is 16.8. The average Bonchev–Trinajstić information content (AvgIpc) is 3.11. The van der Waals surface area contributed by atoms with Gasteiger partial charge in [-0.1, -0.05) is 0 Å². The number of aromatic nitrogens is 2. The molecule has 2 aromatic rings. The molecule has 3 heterocycles. The van der Waals surface area contributed by atoms with Crippen LogP contribution in [0.2, 0.25) is 0 Å². The fourth-order valence-electron chi connectivity index (χ4n) is 2.89. The molecule has 0 aliphatic carbocycles. The lowest BCUT2D eigenvalue weighted by Gasteiger charge is -2.32. The third-order valence-electron chi connectivity index (χ3n) is 4.34. The molecular formula is C17H23N5OS. The van der Waals surface area contributed by atoms with Crippen molar-refractivity contribution in [3.05, 3.63) is 41.2 Å². The van der Waals surface area contributed by atoms with Crippen LogP contribution in [-0.2, 0) is 6.42 Å². The summed E-state index contributed by atoms with van der Waals surface area (Å²) in [5.74, 6) is -0.0667. The summed E-state index contributed by atoms with van der Waals surface area (Å²) in [7, 11) is 1.81. The number of hydrogen-bond acceptors (Lipinski definition) is 6. The highest BCUT2D eigenvalue weighted by Gasteiger charge is 2.21. The van der Waals surface area contributed by atoms with Gasteiger partial charge in [0.05, 0.1) is 0 Å². The molecule has 0 unspecified atom stereocenters. The van der Waals surface area contributed by atoms with E-state index in [0.29, 0.717) is 5.69 Å². The molecule has 0 saturated carbocycles. The van der Waals surface area contributed by atoms with E-state index in [-0.39, 0.29) is 11.9 Å². The van der Waals surface area contributed by atoms with E-state index >= 15 is 0 Å². The van der Waals surface area contributed by atoms with Crippen molar-refractivity contribution in [2.75, 3.05) is 32.0 Å². The van der Waals surface area contributed by atoms with E-state index in [1.54, 1.807) is 5.38 Å². The number of hydrogen-bond donors (Lipinski definition) is 2. The molecule has 6 nitrogen and oxygen atoms in total. The summed E-state index contributed by atoms with van der Waals surface area (Å²) in [6.07, 6.45) is 6.71. The van der Waals surface area contributed by atoms with Crippen molar-refractivity contribution < 1.29 is 4.79 Å². The van der Waals surface area contributed by atoms with Crippen molar-refractivity contribution in [3.63, 3.8) is 0 Å². The molecule has 3 rings (SSSR count). The second-order valence-electron chi connectivity index (χ2n) is 5.98. The smallest absolute Gasteiger partial charge is 0.271 e. The van der Waals surface area contributed by atoms with Gasteiger partial charge < -0.3 is 15.5 Å². The number of piperidine rings is 1. The lowest BCUT2D eigenvalue weighted by molar-refractivity contribution is 0.0907. The van der Waals surface area contributed by atoms with Gasteiger partial charge in [-0.25, -0.2) is 4.98 Å². The normalized spacial score (nSPS) is 16.0. The predicted molar refractivity (Wildman–Crippen MR) is 96.5 cm³/mol. The molecule has 2 N–H and O–H groups in total. The Morgan fingerprint density at radius 3 is 2.75 bits per heavy atom. The lowest BCUT2D eigenvalue weighted by atomic mass is 10.0. The molecule has 1 fully saturated rings. The Kier molecular flexibility index (Phi) is 5.77. The summed E-state index contributed by atoms with van der Waals surface area (Å²) in [5.41, 5.74) is 1.83. The Balaban J connectivity index is 1.41. The van der Waals surface area contributed by atoms with Gasteiger partial charge in [-0.05, 0) is 37.0 Å². The monoisotopic (exact) mass is 345 g/mol. The maximum Gasteiger partial charge on any atom is 0.271 e. The first-order valence-electron chi connectivity index (χ1n) is 8.30. The Hall–Kier alpha value is -1.99. The van der Waals surface area contributed by atoms with Crippen molar-refractivity contribution in [2.45, 2.75) is 25.3 Å². The molecule has 1 saturated heterocycles. The van der Waals surface area contributed by atoms with Gasteiger partial charge in [-0.2, -0.15) is 0 Å². The third kappa shape index (κ3) is 4.52. The van der Waals surface area contributed by atoms with E-state index in [1.807, 2.05) is 19.4 Å². The SMILES string of the molecule is CNc1nc(C(=O)NC2CCN(CCc3ccncc3)CC2)cs1. The molecule has 1 aliphatic heterocycles. The highest BCUT2D eigenvalue weighted by molar-refractivity contribution is 7.13. The summed E-state index contributed by atoms with van der Waals surface area (Å²) in [4.78, 5) is 23.0. The van der Waals surface area contributed by atoms with Gasteiger partial charge in [0.15, 0.2) is 5.13 Å². The fourth-order valence-corrected chi connectivity index (χ4v) is 3.54. The van der Waals surface area contributed by atoms with Crippen molar-refractivity contribution in [1.82, 2.24) is 20.2 Å². The number of nitrogens with one attached hydrogen (secondary N) is 2. The Morgan fingerprint density at radius 1 is 1.33 bits per heavy atom. The number of likely N-dealkylation sites (tertiary alicyclic amines) is 1. The summed E-state index contributed by atoms with van der Waals surface area (Å²) in [6.45, 7) is 3.10. The second-order valence-corrected chi connectivity index (χ2v) is 6.84. The Labute approximate surface area is 146 Å². The van der Waals surface area contributed by atoms with E-state index in [9.17, 15) is 4.79 Å². The van der Waals surface area contributed by atoms with Crippen LogP contribution in [0.25, 0.3) is 0 Å². The third-order valence-corrected chi connectivity index (χ3v) is 5.20. The van der Waals surface area contributed by atoms with Crippen molar-refractivity contribution in [1.29, 1.82) is 0 Å². The van der Waals surface area contributed by atoms with E-state index in [2.05, 4.69) is 37.6 Å². The molecule has 128 valence electrons. The molecule has 1 aliphatic rings. The summed E-state index contributed by atoms with van der Waals surface area (Å²) >= 11 is 1.45. The van der Waals surface area contributed by atoms with Gasteiger partial charge in [0.1, 0.15) is 5.69 Å². The van der Waals surface area contributed by atoms with Gasteiger partial charge in [0.25, 0.3) is 5.91 Å². The van der Waals surface area contributed by atoms with Gasteiger partial charge in [-0.15, -0.1) is 11.3 Å². The number of anilines is 1. The number of carbonyl (C=O) groups excluding carboxylic acids is 1. The zero-order valence-electron chi connectivity index (χ0n) is 13.9. The van der Waals surface area contributed by atoms with Crippen LogP contribution < -0.4 is 10.6 Å². The van der Waals surface area contributed by atoms with E-state index < -0.39 is 0 Å². The molecule has 0 bridgehead atoms. The molecule has 7 heteroatoms. The van der Waals surface area contributed by atoms with E-state index in [0.717, 1.165) is 44.0 Å². The van der Waals surface area contributed by atoms with E-state index in [4.69, 9.17) is 0 Å². The second kappa shape index (κ2) is 8.21. The molecule has 0 spiro atoms. The van der Waals surface area contributed by atoms with Gasteiger partial charge in [-0.3, -0.25) is 9.78 Å². The standard InChI is InChI=1S/C17H23N5OS/c1-18-17-21-15(12-24-17)16(23)20-14-5-10-22(11-6-14)9-4-13-2-7-19-8-3-13/h2-3,7-8,12,14H,4-6,9-11H2,1H3,(H,18,21)(H,20,23). The van der Waals surface area contributed by atoms with Crippen molar-refractivity contribution >= 4 is 22.4 Å². The zero-order valence-corrected chi connectivity index (χ0v) is 14.7. The number of amides is 1. The lowest BCUT2D eigenvalue weighted by Crippen LogP contribution is -2.45. The average molecular weight is 345 g/mol. The minimum absolute atomic E-state index is 0.0667. The highest BCUT2D eigenvalue weighted by atomic mass is 32.1. The molecule has 24 heavy (non-hydrogen) atoms. The molecule has 0 aromatic carbocycles. The summed E-state index contributed by atoms with van der Waals surface area (Å²) in [5, 5.41) is 8.63. The summed E-state index contributed by atoms with van der Waals surface area (Å²) in [6, 6.07) is 4.38. The quantitative estimate of drug-likeness (QED) is 0.838. The number of nitrogens with zero attached hydrogens (tertiary/aromatic N) is 3. The molecule has 0 atom stereocenters. The first-order valence-corrected chi connectivity index (χ1v) is 9.18. The molecule has 1 amide bonds. The molecule has 0 radical (unpaired) electrons. The predicted octanol–water partition coefficient (Wildman–Crippen LogP) is 2.02. The minimum Gasteiger partial charge on any atom is -0.365 e.